The largest absolute Gasteiger partial charge is 0.383 e. The second-order valence-electron chi connectivity index (χ2n) is 5.68. The summed E-state index contributed by atoms with van der Waals surface area (Å²) in [5.41, 5.74) is 2.00. The maximum absolute atomic E-state index is 11.5. The number of ether oxygens (including phenoxy) is 1. The Morgan fingerprint density at radius 1 is 1.45 bits per heavy atom. The molecule has 5 heteroatoms. The van der Waals surface area contributed by atoms with Crippen molar-refractivity contribution in [3.05, 3.63) is 29.3 Å². The summed E-state index contributed by atoms with van der Waals surface area (Å²) in [6.07, 6.45) is 2.05. The molecule has 0 saturated carbocycles. The highest BCUT2D eigenvalue weighted by Crippen LogP contribution is 2.22. The van der Waals surface area contributed by atoms with E-state index in [1.165, 1.54) is 0 Å². The first kappa shape index (κ1) is 16.5. The number of nitrogens with one attached hydrogen (secondary N) is 1. The average Bonchev–Trinajstić information content (AvgIpc) is 2.54. The van der Waals surface area contributed by atoms with Crippen LogP contribution >= 0.6 is 0 Å². The third-order valence-electron chi connectivity index (χ3n) is 4.11. The van der Waals surface area contributed by atoms with Gasteiger partial charge in [0.1, 0.15) is 6.07 Å². The van der Waals surface area contributed by atoms with Gasteiger partial charge in [-0.2, -0.15) is 5.26 Å². The first-order chi connectivity index (χ1) is 10.6. The van der Waals surface area contributed by atoms with Crippen LogP contribution in [0.25, 0.3) is 0 Å². The molecule has 0 unspecified atom stereocenters. The first-order valence-corrected chi connectivity index (χ1v) is 7.67. The van der Waals surface area contributed by atoms with Crippen molar-refractivity contribution in [1.82, 2.24) is 4.90 Å². The number of carbonyl (C=O) groups is 1. The lowest BCUT2D eigenvalue weighted by atomic mass is 10.0. The van der Waals surface area contributed by atoms with Crippen LogP contribution in [-0.2, 0) is 4.74 Å². The van der Waals surface area contributed by atoms with Crippen LogP contribution in [0.4, 0.5) is 5.69 Å². The number of hydrogen-bond donors (Lipinski definition) is 1. The van der Waals surface area contributed by atoms with Gasteiger partial charge in [0.25, 0.3) is 0 Å². The topological polar surface area (TPSA) is 65.4 Å². The molecule has 1 saturated heterocycles. The standard InChI is InChI=1S/C17H23N3O2/c1-13(21)14-3-4-15(12-18)17(11-14)19-16-5-7-20(8-6-16)9-10-22-2/h3-4,11,16,19H,5-10H2,1-2H3. The van der Waals surface area contributed by atoms with Crippen molar-refractivity contribution >= 4 is 11.5 Å². The summed E-state index contributed by atoms with van der Waals surface area (Å²) in [6, 6.07) is 7.74. The molecule has 22 heavy (non-hydrogen) atoms. The van der Waals surface area contributed by atoms with Crippen LogP contribution in [0.15, 0.2) is 18.2 Å². The molecular formula is C17H23N3O2. The molecule has 0 bridgehead atoms. The van der Waals surface area contributed by atoms with Crippen LogP contribution in [0.2, 0.25) is 0 Å². The third kappa shape index (κ3) is 4.30. The molecule has 1 heterocycles. The molecular weight excluding hydrogens is 278 g/mol. The summed E-state index contributed by atoms with van der Waals surface area (Å²) in [5.74, 6) is 0.0157. The van der Waals surface area contributed by atoms with Gasteiger partial charge in [-0.05, 0) is 38.0 Å². The molecule has 0 radical (unpaired) electrons. The van der Waals surface area contributed by atoms with Gasteiger partial charge >= 0.3 is 0 Å². The fourth-order valence-electron chi connectivity index (χ4n) is 2.72. The highest BCUT2D eigenvalue weighted by atomic mass is 16.5. The van der Waals surface area contributed by atoms with E-state index in [1.807, 2.05) is 0 Å². The van der Waals surface area contributed by atoms with Gasteiger partial charge < -0.3 is 15.0 Å². The van der Waals surface area contributed by atoms with Gasteiger partial charge in [-0.1, -0.05) is 0 Å². The minimum absolute atomic E-state index is 0.0157. The van der Waals surface area contributed by atoms with Gasteiger partial charge in [-0.3, -0.25) is 4.79 Å². The number of ketones is 1. The zero-order chi connectivity index (χ0) is 15.9. The lowest BCUT2D eigenvalue weighted by Crippen LogP contribution is -2.40. The number of likely N-dealkylation sites (tertiary alicyclic amines) is 1. The fraction of sp³-hybridized carbons (Fsp3) is 0.529. The van der Waals surface area contributed by atoms with E-state index in [1.54, 1.807) is 32.2 Å². The number of methoxy groups -OCH3 is 1. The van der Waals surface area contributed by atoms with Crippen molar-refractivity contribution in [3.8, 4) is 6.07 Å². The summed E-state index contributed by atoms with van der Waals surface area (Å²) < 4.78 is 5.11. The van der Waals surface area contributed by atoms with Crippen molar-refractivity contribution < 1.29 is 9.53 Å². The fourth-order valence-corrected chi connectivity index (χ4v) is 2.72. The number of rotatable bonds is 6. The number of nitrogens with zero attached hydrogens (tertiary/aromatic N) is 2. The lowest BCUT2D eigenvalue weighted by Gasteiger charge is -2.32. The molecule has 0 spiro atoms. The Morgan fingerprint density at radius 2 is 2.18 bits per heavy atom. The van der Waals surface area contributed by atoms with Crippen LogP contribution in [0, 0.1) is 11.3 Å². The van der Waals surface area contributed by atoms with E-state index >= 15 is 0 Å². The van der Waals surface area contributed by atoms with E-state index in [-0.39, 0.29) is 5.78 Å². The molecule has 2 rings (SSSR count). The monoisotopic (exact) mass is 301 g/mol. The van der Waals surface area contributed by atoms with E-state index in [0.29, 0.717) is 17.2 Å². The summed E-state index contributed by atoms with van der Waals surface area (Å²) in [4.78, 5) is 13.9. The van der Waals surface area contributed by atoms with Crippen molar-refractivity contribution in [1.29, 1.82) is 5.26 Å². The van der Waals surface area contributed by atoms with Crippen molar-refractivity contribution in [2.75, 3.05) is 38.7 Å². The first-order valence-electron chi connectivity index (χ1n) is 7.67. The lowest BCUT2D eigenvalue weighted by molar-refractivity contribution is 0.101. The summed E-state index contributed by atoms with van der Waals surface area (Å²) in [7, 11) is 1.72. The zero-order valence-corrected chi connectivity index (χ0v) is 13.3. The van der Waals surface area contributed by atoms with Gasteiger partial charge in [-0.15, -0.1) is 0 Å². The van der Waals surface area contributed by atoms with Gasteiger partial charge in [0.05, 0.1) is 17.9 Å². The number of nitriles is 1. The molecule has 1 aliphatic heterocycles. The van der Waals surface area contributed by atoms with E-state index in [0.717, 1.165) is 44.8 Å². The van der Waals surface area contributed by atoms with Crippen molar-refractivity contribution in [2.24, 2.45) is 0 Å². The Labute approximate surface area is 131 Å². The van der Waals surface area contributed by atoms with Crippen molar-refractivity contribution in [3.63, 3.8) is 0 Å². The molecule has 1 N–H and O–H groups in total. The van der Waals surface area contributed by atoms with E-state index < -0.39 is 0 Å². The van der Waals surface area contributed by atoms with Gasteiger partial charge in [0, 0.05) is 38.3 Å². The summed E-state index contributed by atoms with van der Waals surface area (Å²) in [5, 5.41) is 12.7. The number of carbonyl (C=O) groups excluding carboxylic acids is 1. The van der Waals surface area contributed by atoms with E-state index in [4.69, 9.17) is 4.74 Å². The Hall–Kier alpha value is -1.90. The average molecular weight is 301 g/mol. The quantitative estimate of drug-likeness (QED) is 0.817. The molecule has 0 aromatic heterocycles. The smallest absolute Gasteiger partial charge is 0.159 e. The van der Waals surface area contributed by atoms with Crippen LogP contribution in [0.3, 0.4) is 0 Å². The number of Topliss-reactive ketones (excluding diaryl/α,β-unsaturated/α-hetero) is 1. The maximum atomic E-state index is 11.5. The highest BCUT2D eigenvalue weighted by molar-refractivity contribution is 5.95. The summed E-state index contributed by atoms with van der Waals surface area (Å²) >= 11 is 0. The molecule has 0 amide bonds. The number of piperidine rings is 1. The Balaban J connectivity index is 1.98. The molecule has 1 fully saturated rings. The van der Waals surface area contributed by atoms with Gasteiger partial charge in [-0.25, -0.2) is 0 Å². The molecule has 1 aromatic rings. The molecule has 0 atom stereocenters. The van der Waals surface area contributed by atoms with Crippen LogP contribution in [0.1, 0.15) is 35.7 Å². The Bertz CT molecular complexity index is 558. The molecule has 1 aliphatic rings. The maximum Gasteiger partial charge on any atom is 0.159 e. The van der Waals surface area contributed by atoms with Crippen molar-refractivity contribution in [2.45, 2.75) is 25.8 Å². The van der Waals surface area contributed by atoms with Crippen LogP contribution in [0.5, 0.6) is 0 Å². The van der Waals surface area contributed by atoms with E-state index in [9.17, 15) is 10.1 Å². The van der Waals surface area contributed by atoms with Crippen LogP contribution < -0.4 is 5.32 Å². The second kappa shape index (κ2) is 7.92. The number of benzene rings is 1. The Kier molecular flexibility index (Phi) is 5.93. The second-order valence-corrected chi connectivity index (χ2v) is 5.68. The number of hydrogen-bond acceptors (Lipinski definition) is 5. The SMILES string of the molecule is COCCN1CCC(Nc2cc(C(C)=O)ccc2C#N)CC1. The molecule has 0 aliphatic carbocycles. The molecule has 1 aromatic carbocycles. The predicted molar refractivity (Wildman–Crippen MR) is 86.1 cm³/mol. The minimum Gasteiger partial charge on any atom is -0.383 e. The highest BCUT2D eigenvalue weighted by Gasteiger charge is 2.19. The molecule has 118 valence electrons. The summed E-state index contributed by atoms with van der Waals surface area (Å²) in [6.45, 7) is 5.31. The Morgan fingerprint density at radius 3 is 2.77 bits per heavy atom. The van der Waals surface area contributed by atoms with E-state index in [2.05, 4.69) is 16.3 Å². The van der Waals surface area contributed by atoms with Crippen LogP contribution in [-0.4, -0.2) is 50.1 Å². The zero-order valence-electron chi connectivity index (χ0n) is 13.3. The molecule has 5 nitrogen and oxygen atoms in total. The normalized spacial score (nSPS) is 16.2. The van der Waals surface area contributed by atoms with Gasteiger partial charge in [0.15, 0.2) is 5.78 Å². The predicted octanol–water partition coefficient (Wildman–Crippen LogP) is 2.28. The number of anilines is 1. The third-order valence-corrected chi connectivity index (χ3v) is 4.11. The minimum atomic E-state index is 0.0157. The van der Waals surface area contributed by atoms with Gasteiger partial charge in [0.2, 0.25) is 0 Å².